The van der Waals surface area contributed by atoms with Gasteiger partial charge in [-0.1, -0.05) is 34.1 Å². The second kappa shape index (κ2) is 5.90. The Balaban J connectivity index is 1.72. The number of carbonyl (C=O) groups excluding carboxylic acids is 1. The zero-order valence-corrected chi connectivity index (χ0v) is 13.4. The number of fused-ring (bicyclic) bond motifs is 1. The van der Waals surface area contributed by atoms with Crippen molar-refractivity contribution in [2.75, 3.05) is 11.9 Å². The predicted octanol–water partition coefficient (Wildman–Crippen LogP) is 3.91. The Morgan fingerprint density at radius 1 is 1.24 bits per heavy atom. The maximum absolute atomic E-state index is 12.3. The Bertz CT molecular complexity index is 667. The molecule has 0 fully saturated rings. The van der Waals surface area contributed by atoms with E-state index in [1.165, 1.54) is 5.56 Å². The van der Waals surface area contributed by atoms with Gasteiger partial charge in [0.05, 0.1) is 6.04 Å². The molecule has 1 aliphatic heterocycles. The minimum Gasteiger partial charge on any atom is -0.384 e. The van der Waals surface area contributed by atoms with Crippen LogP contribution in [-0.4, -0.2) is 12.5 Å². The summed E-state index contributed by atoms with van der Waals surface area (Å²) in [5.41, 5.74) is 4.16. The maximum atomic E-state index is 12.3. The van der Waals surface area contributed by atoms with Gasteiger partial charge in [-0.3, -0.25) is 4.79 Å². The SMILES string of the molecule is C[C@H](NC(=O)c1ccc2c(c1)NCC2)c1ccc(Br)cc1. The molecule has 2 aromatic rings. The van der Waals surface area contributed by atoms with E-state index in [2.05, 4.69) is 26.6 Å². The number of rotatable bonds is 3. The minimum absolute atomic E-state index is 0.0215. The number of nitrogens with one attached hydrogen (secondary N) is 2. The standard InChI is InChI=1S/C17H17BrN2O/c1-11(12-4-6-15(18)7-5-12)20-17(21)14-3-2-13-8-9-19-16(13)10-14/h2-7,10-11,19H,8-9H2,1H3,(H,20,21)/t11-/m0/s1. The monoisotopic (exact) mass is 344 g/mol. The number of amides is 1. The molecular formula is C17H17BrN2O. The van der Waals surface area contributed by atoms with Crippen LogP contribution in [-0.2, 0) is 6.42 Å². The van der Waals surface area contributed by atoms with Crippen molar-refractivity contribution < 1.29 is 4.79 Å². The summed E-state index contributed by atoms with van der Waals surface area (Å²) < 4.78 is 1.04. The van der Waals surface area contributed by atoms with E-state index in [0.717, 1.165) is 28.7 Å². The third kappa shape index (κ3) is 3.10. The van der Waals surface area contributed by atoms with Gasteiger partial charge in [-0.05, 0) is 48.7 Å². The Hall–Kier alpha value is -1.81. The Morgan fingerprint density at radius 2 is 2.00 bits per heavy atom. The molecule has 1 heterocycles. The van der Waals surface area contributed by atoms with E-state index in [4.69, 9.17) is 0 Å². The Morgan fingerprint density at radius 3 is 2.76 bits per heavy atom. The molecule has 0 bridgehead atoms. The molecule has 108 valence electrons. The number of benzene rings is 2. The average Bonchev–Trinajstić information content (AvgIpc) is 2.95. The van der Waals surface area contributed by atoms with Crippen LogP contribution in [0.25, 0.3) is 0 Å². The van der Waals surface area contributed by atoms with Crippen LogP contribution in [0, 0.1) is 0 Å². The van der Waals surface area contributed by atoms with Crippen LogP contribution in [0.4, 0.5) is 5.69 Å². The predicted molar refractivity (Wildman–Crippen MR) is 88.7 cm³/mol. The van der Waals surface area contributed by atoms with Crippen molar-refractivity contribution in [2.45, 2.75) is 19.4 Å². The molecule has 0 radical (unpaired) electrons. The maximum Gasteiger partial charge on any atom is 0.251 e. The number of hydrogen-bond acceptors (Lipinski definition) is 2. The minimum atomic E-state index is -0.0399. The van der Waals surface area contributed by atoms with Gasteiger partial charge in [0.25, 0.3) is 5.91 Å². The molecule has 3 nitrogen and oxygen atoms in total. The summed E-state index contributed by atoms with van der Waals surface area (Å²) in [6.45, 7) is 2.95. The molecule has 3 rings (SSSR count). The molecule has 0 aliphatic carbocycles. The van der Waals surface area contributed by atoms with Crippen molar-refractivity contribution in [3.05, 3.63) is 63.6 Å². The first-order chi connectivity index (χ1) is 10.1. The van der Waals surface area contributed by atoms with Gasteiger partial charge >= 0.3 is 0 Å². The third-order valence-corrected chi connectivity index (χ3v) is 4.33. The number of anilines is 1. The molecule has 21 heavy (non-hydrogen) atoms. The van der Waals surface area contributed by atoms with Crippen LogP contribution in [0.15, 0.2) is 46.9 Å². The molecule has 1 amide bonds. The Kier molecular flexibility index (Phi) is 3.97. The highest BCUT2D eigenvalue weighted by atomic mass is 79.9. The van der Waals surface area contributed by atoms with Gasteiger partial charge in [-0.15, -0.1) is 0 Å². The van der Waals surface area contributed by atoms with Crippen LogP contribution in [0.3, 0.4) is 0 Å². The van der Waals surface area contributed by atoms with E-state index in [9.17, 15) is 4.79 Å². The van der Waals surface area contributed by atoms with E-state index in [0.29, 0.717) is 5.56 Å². The number of hydrogen-bond donors (Lipinski definition) is 2. The van der Waals surface area contributed by atoms with Crippen molar-refractivity contribution in [3.8, 4) is 0 Å². The fourth-order valence-electron chi connectivity index (χ4n) is 2.55. The molecule has 4 heteroatoms. The summed E-state index contributed by atoms with van der Waals surface area (Å²) in [6.07, 6.45) is 1.03. The summed E-state index contributed by atoms with van der Waals surface area (Å²) in [5.74, 6) is -0.0399. The lowest BCUT2D eigenvalue weighted by Gasteiger charge is -2.15. The first-order valence-corrected chi connectivity index (χ1v) is 7.86. The van der Waals surface area contributed by atoms with Crippen molar-refractivity contribution in [1.29, 1.82) is 0 Å². The lowest BCUT2D eigenvalue weighted by molar-refractivity contribution is 0.0940. The summed E-state index contributed by atoms with van der Waals surface area (Å²) in [4.78, 5) is 12.3. The fraction of sp³-hybridized carbons (Fsp3) is 0.235. The quantitative estimate of drug-likeness (QED) is 0.886. The third-order valence-electron chi connectivity index (χ3n) is 3.80. The van der Waals surface area contributed by atoms with Crippen LogP contribution in [0.2, 0.25) is 0 Å². The first kappa shape index (κ1) is 14.1. The normalized spacial score (nSPS) is 14.2. The molecule has 2 N–H and O–H groups in total. The molecule has 1 aliphatic rings. The van der Waals surface area contributed by atoms with Crippen LogP contribution in [0.5, 0.6) is 0 Å². The molecule has 0 aromatic heterocycles. The Labute approximate surface area is 132 Å². The molecule has 0 spiro atoms. The fourth-order valence-corrected chi connectivity index (χ4v) is 2.81. The molecule has 2 aromatic carbocycles. The number of carbonyl (C=O) groups is 1. The van der Waals surface area contributed by atoms with Gasteiger partial charge in [-0.2, -0.15) is 0 Å². The van der Waals surface area contributed by atoms with Gasteiger partial charge in [0.1, 0.15) is 0 Å². The zero-order valence-electron chi connectivity index (χ0n) is 11.8. The largest absolute Gasteiger partial charge is 0.384 e. The van der Waals surface area contributed by atoms with E-state index < -0.39 is 0 Å². The summed E-state index contributed by atoms with van der Waals surface area (Å²) in [5, 5.41) is 6.34. The van der Waals surface area contributed by atoms with Gasteiger partial charge < -0.3 is 10.6 Å². The van der Waals surface area contributed by atoms with E-state index >= 15 is 0 Å². The summed E-state index contributed by atoms with van der Waals surface area (Å²) in [6, 6.07) is 13.8. The molecule has 0 saturated heterocycles. The second-order valence-corrected chi connectivity index (χ2v) is 6.21. The van der Waals surface area contributed by atoms with Gasteiger partial charge in [0.2, 0.25) is 0 Å². The number of halogens is 1. The summed E-state index contributed by atoms with van der Waals surface area (Å²) >= 11 is 3.42. The first-order valence-electron chi connectivity index (χ1n) is 7.06. The lowest BCUT2D eigenvalue weighted by Crippen LogP contribution is -2.26. The summed E-state index contributed by atoms with van der Waals surface area (Å²) in [7, 11) is 0. The lowest BCUT2D eigenvalue weighted by atomic mass is 10.1. The van der Waals surface area contributed by atoms with Gasteiger partial charge in [0, 0.05) is 22.3 Å². The molecule has 0 saturated carbocycles. The molecule has 1 atom stereocenters. The molecule has 0 unspecified atom stereocenters. The second-order valence-electron chi connectivity index (χ2n) is 5.30. The molecular weight excluding hydrogens is 328 g/mol. The highest BCUT2D eigenvalue weighted by Crippen LogP contribution is 2.24. The van der Waals surface area contributed by atoms with Crippen molar-refractivity contribution in [3.63, 3.8) is 0 Å². The van der Waals surface area contributed by atoms with Crippen molar-refractivity contribution in [1.82, 2.24) is 5.32 Å². The van der Waals surface area contributed by atoms with Crippen molar-refractivity contribution >= 4 is 27.5 Å². The van der Waals surface area contributed by atoms with Gasteiger partial charge in [0.15, 0.2) is 0 Å². The van der Waals surface area contributed by atoms with Crippen molar-refractivity contribution in [2.24, 2.45) is 0 Å². The highest BCUT2D eigenvalue weighted by molar-refractivity contribution is 9.10. The zero-order chi connectivity index (χ0) is 14.8. The topological polar surface area (TPSA) is 41.1 Å². The average molecular weight is 345 g/mol. The van der Waals surface area contributed by atoms with Crippen LogP contribution in [0.1, 0.15) is 34.5 Å². The van der Waals surface area contributed by atoms with E-state index in [1.807, 2.05) is 49.4 Å². The van der Waals surface area contributed by atoms with E-state index in [1.54, 1.807) is 0 Å². The van der Waals surface area contributed by atoms with Crippen LogP contribution >= 0.6 is 15.9 Å². The van der Waals surface area contributed by atoms with E-state index in [-0.39, 0.29) is 11.9 Å². The smallest absolute Gasteiger partial charge is 0.251 e. The highest BCUT2D eigenvalue weighted by Gasteiger charge is 2.15. The van der Waals surface area contributed by atoms with Gasteiger partial charge in [-0.25, -0.2) is 0 Å². The van der Waals surface area contributed by atoms with Crippen LogP contribution < -0.4 is 10.6 Å².